The number of nitrogens with one attached hydrogen (secondary N) is 1. The molecule has 0 aliphatic carbocycles. The molecule has 1 aromatic carbocycles. The Morgan fingerprint density at radius 2 is 2.15 bits per heavy atom. The maximum absolute atomic E-state index is 12.5. The molecule has 1 fully saturated rings. The number of sulfone groups is 1. The minimum Gasteiger partial charge on any atom is -0.334 e. The van der Waals surface area contributed by atoms with Crippen LogP contribution in [0.15, 0.2) is 18.2 Å². The molecular weight excluding hydrogens is 278 g/mol. The van der Waals surface area contributed by atoms with Crippen LogP contribution in [0, 0.1) is 6.92 Å². The van der Waals surface area contributed by atoms with E-state index in [4.69, 9.17) is 5.84 Å². The molecule has 1 atom stereocenters. The van der Waals surface area contributed by atoms with Gasteiger partial charge in [0.05, 0.1) is 11.5 Å². The molecule has 2 rings (SSSR count). The van der Waals surface area contributed by atoms with Crippen LogP contribution in [0.1, 0.15) is 22.8 Å². The number of amides is 1. The molecule has 1 amide bonds. The van der Waals surface area contributed by atoms with Crippen molar-refractivity contribution in [1.29, 1.82) is 0 Å². The van der Waals surface area contributed by atoms with Gasteiger partial charge in [0.25, 0.3) is 5.91 Å². The van der Waals surface area contributed by atoms with E-state index in [-0.39, 0.29) is 30.0 Å². The SMILES string of the molecule is Cc1cc(NN)ccc1C(=O)N1CCS(=O)(=O)CC1C. The Labute approximate surface area is 118 Å². The van der Waals surface area contributed by atoms with Crippen molar-refractivity contribution >= 4 is 21.4 Å². The lowest BCUT2D eigenvalue weighted by molar-refractivity contribution is 0.0712. The van der Waals surface area contributed by atoms with Gasteiger partial charge in [0.15, 0.2) is 9.84 Å². The number of nitrogens with two attached hydrogens (primary N) is 1. The van der Waals surface area contributed by atoms with Crippen LogP contribution in [0.5, 0.6) is 0 Å². The molecule has 0 saturated carbocycles. The second-order valence-corrected chi connectivity index (χ2v) is 7.36. The highest BCUT2D eigenvalue weighted by atomic mass is 32.2. The summed E-state index contributed by atoms with van der Waals surface area (Å²) in [7, 11) is -3.02. The van der Waals surface area contributed by atoms with Crippen LogP contribution < -0.4 is 11.3 Å². The first kappa shape index (κ1) is 14.8. The van der Waals surface area contributed by atoms with Gasteiger partial charge in [0.1, 0.15) is 0 Å². The molecule has 0 bridgehead atoms. The smallest absolute Gasteiger partial charge is 0.254 e. The molecule has 0 spiro atoms. The van der Waals surface area contributed by atoms with Crippen molar-refractivity contribution in [1.82, 2.24) is 4.90 Å². The summed E-state index contributed by atoms with van der Waals surface area (Å²) in [6.07, 6.45) is 0. The third-order valence-corrected chi connectivity index (χ3v) is 5.35. The summed E-state index contributed by atoms with van der Waals surface area (Å²) in [5.41, 5.74) is 4.65. The predicted octanol–water partition coefficient (Wildman–Crippen LogP) is 0.540. The number of aryl methyl sites for hydroxylation is 1. The molecule has 1 saturated heterocycles. The van der Waals surface area contributed by atoms with Crippen molar-refractivity contribution in [3.63, 3.8) is 0 Å². The van der Waals surface area contributed by atoms with Crippen molar-refractivity contribution in [3.8, 4) is 0 Å². The van der Waals surface area contributed by atoms with Gasteiger partial charge < -0.3 is 10.3 Å². The number of benzene rings is 1. The lowest BCUT2D eigenvalue weighted by atomic mass is 10.1. The summed E-state index contributed by atoms with van der Waals surface area (Å²) >= 11 is 0. The standard InChI is InChI=1S/C13H19N3O3S/c1-9-7-11(15-14)3-4-12(9)13(17)16-5-6-20(18,19)8-10(16)2/h3-4,7,10,15H,5-6,8,14H2,1-2H3. The average Bonchev–Trinajstić information content (AvgIpc) is 2.36. The number of nitrogen functional groups attached to an aromatic ring is 1. The molecule has 1 aliphatic rings. The highest BCUT2D eigenvalue weighted by Gasteiger charge is 2.32. The lowest BCUT2D eigenvalue weighted by Crippen LogP contribution is -2.49. The van der Waals surface area contributed by atoms with Gasteiger partial charge in [-0.25, -0.2) is 8.42 Å². The molecule has 6 nitrogen and oxygen atoms in total. The number of carbonyl (C=O) groups excluding carboxylic acids is 1. The van der Waals surface area contributed by atoms with Crippen molar-refractivity contribution in [2.45, 2.75) is 19.9 Å². The van der Waals surface area contributed by atoms with Crippen LogP contribution in [0.3, 0.4) is 0 Å². The molecule has 1 aromatic rings. The second kappa shape index (κ2) is 5.41. The van der Waals surface area contributed by atoms with E-state index in [9.17, 15) is 13.2 Å². The summed E-state index contributed by atoms with van der Waals surface area (Å²) in [6, 6.07) is 4.93. The molecule has 0 aromatic heterocycles. The van der Waals surface area contributed by atoms with Gasteiger partial charge in [0, 0.05) is 23.8 Å². The zero-order valence-electron chi connectivity index (χ0n) is 11.6. The minimum atomic E-state index is -3.02. The Balaban J connectivity index is 2.24. The van der Waals surface area contributed by atoms with Gasteiger partial charge in [-0.15, -0.1) is 0 Å². The number of rotatable bonds is 2. The Hall–Kier alpha value is -1.60. The first-order chi connectivity index (χ1) is 9.34. The van der Waals surface area contributed by atoms with Crippen LogP contribution in [-0.4, -0.2) is 43.3 Å². The molecule has 1 aliphatic heterocycles. The van der Waals surface area contributed by atoms with Crippen LogP contribution in [0.25, 0.3) is 0 Å². The molecule has 110 valence electrons. The third kappa shape index (κ3) is 2.94. The van der Waals surface area contributed by atoms with E-state index < -0.39 is 9.84 Å². The topological polar surface area (TPSA) is 92.5 Å². The predicted molar refractivity (Wildman–Crippen MR) is 78.1 cm³/mol. The lowest BCUT2D eigenvalue weighted by Gasteiger charge is -2.33. The second-order valence-electron chi connectivity index (χ2n) is 5.14. The zero-order valence-corrected chi connectivity index (χ0v) is 12.4. The summed E-state index contributed by atoms with van der Waals surface area (Å²) < 4.78 is 23.1. The van der Waals surface area contributed by atoms with Gasteiger partial charge in [-0.3, -0.25) is 10.6 Å². The van der Waals surface area contributed by atoms with Crippen LogP contribution in [0.4, 0.5) is 5.69 Å². The van der Waals surface area contributed by atoms with E-state index in [0.29, 0.717) is 5.56 Å². The number of anilines is 1. The molecule has 3 N–H and O–H groups in total. The first-order valence-electron chi connectivity index (χ1n) is 6.43. The maximum atomic E-state index is 12.5. The average molecular weight is 297 g/mol. The summed E-state index contributed by atoms with van der Waals surface area (Å²) in [4.78, 5) is 14.1. The maximum Gasteiger partial charge on any atom is 0.254 e. The number of nitrogens with zero attached hydrogens (tertiary/aromatic N) is 1. The zero-order chi connectivity index (χ0) is 14.9. The van der Waals surface area contributed by atoms with Gasteiger partial charge in [-0.05, 0) is 37.6 Å². The summed E-state index contributed by atoms with van der Waals surface area (Å²) in [5, 5.41) is 0. The Bertz CT molecular complexity index is 628. The fraction of sp³-hybridized carbons (Fsp3) is 0.462. The summed E-state index contributed by atoms with van der Waals surface area (Å²) in [6.45, 7) is 3.85. The molecular formula is C13H19N3O3S. The Morgan fingerprint density at radius 1 is 1.45 bits per heavy atom. The number of hydrogen-bond acceptors (Lipinski definition) is 5. The normalized spacial score (nSPS) is 21.6. The van der Waals surface area contributed by atoms with E-state index in [0.717, 1.165) is 11.3 Å². The van der Waals surface area contributed by atoms with Crippen molar-refractivity contribution in [2.75, 3.05) is 23.5 Å². The van der Waals surface area contributed by atoms with Crippen molar-refractivity contribution in [3.05, 3.63) is 29.3 Å². The monoisotopic (exact) mass is 297 g/mol. The molecule has 1 heterocycles. The largest absolute Gasteiger partial charge is 0.334 e. The third-order valence-electron chi connectivity index (χ3n) is 3.55. The Morgan fingerprint density at radius 3 is 2.70 bits per heavy atom. The van der Waals surface area contributed by atoms with Crippen LogP contribution in [0.2, 0.25) is 0 Å². The highest BCUT2D eigenvalue weighted by molar-refractivity contribution is 7.91. The van der Waals surface area contributed by atoms with E-state index in [1.807, 2.05) is 6.92 Å². The fourth-order valence-corrected chi connectivity index (χ4v) is 4.00. The van der Waals surface area contributed by atoms with Crippen molar-refractivity contribution < 1.29 is 13.2 Å². The first-order valence-corrected chi connectivity index (χ1v) is 8.25. The van der Waals surface area contributed by atoms with Gasteiger partial charge in [0.2, 0.25) is 0 Å². The number of hydrogen-bond donors (Lipinski definition) is 2. The van der Waals surface area contributed by atoms with E-state index >= 15 is 0 Å². The number of carbonyl (C=O) groups is 1. The molecule has 20 heavy (non-hydrogen) atoms. The van der Waals surface area contributed by atoms with Crippen LogP contribution in [-0.2, 0) is 9.84 Å². The number of hydrazine groups is 1. The van der Waals surface area contributed by atoms with Gasteiger partial charge in [-0.2, -0.15) is 0 Å². The quantitative estimate of drug-likeness (QED) is 0.614. The van der Waals surface area contributed by atoms with Gasteiger partial charge in [-0.1, -0.05) is 0 Å². The minimum absolute atomic E-state index is 0.0280. The van der Waals surface area contributed by atoms with Crippen molar-refractivity contribution in [2.24, 2.45) is 5.84 Å². The van der Waals surface area contributed by atoms with Crippen LogP contribution >= 0.6 is 0 Å². The van der Waals surface area contributed by atoms with E-state index in [2.05, 4.69) is 5.43 Å². The highest BCUT2D eigenvalue weighted by Crippen LogP contribution is 2.20. The summed E-state index contributed by atoms with van der Waals surface area (Å²) in [5.74, 6) is 5.26. The Kier molecular flexibility index (Phi) is 4.01. The van der Waals surface area contributed by atoms with E-state index in [1.165, 1.54) is 0 Å². The molecule has 1 unspecified atom stereocenters. The molecule has 7 heteroatoms. The molecule has 0 radical (unpaired) electrons. The van der Waals surface area contributed by atoms with Gasteiger partial charge >= 0.3 is 0 Å². The van der Waals surface area contributed by atoms with E-state index in [1.54, 1.807) is 30.0 Å². The fourth-order valence-electron chi connectivity index (χ4n) is 2.45.